The van der Waals surface area contributed by atoms with Gasteiger partial charge in [0.2, 0.25) is 0 Å². The minimum absolute atomic E-state index is 0.0384. The molecule has 1 N–H and O–H groups in total. The largest absolute Gasteiger partial charge is 0.361 e. The van der Waals surface area contributed by atoms with Crippen molar-refractivity contribution >= 4 is 16.7 Å². The quantitative estimate of drug-likeness (QED) is 0.688. The lowest BCUT2D eigenvalue weighted by Crippen LogP contribution is -2.56. The van der Waals surface area contributed by atoms with E-state index < -0.39 is 6.04 Å². The lowest BCUT2D eigenvalue weighted by Gasteiger charge is -2.51. The number of piperidine rings is 3. The molecule has 0 amide bonds. The molecule has 0 aliphatic carbocycles. The Morgan fingerprint density at radius 1 is 1.13 bits per heavy atom. The Hall–Kier alpha value is -3.12. The number of carbonyl (C=O) groups is 1. The summed E-state index contributed by atoms with van der Waals surface area (Å²) in [5.41, 5.74) is 4.07. The number of benzene rings is 1. The van der Waals surface area contributed by atoms with Crippen molar-refractivity contribution in [2.45, 2.75) is 31.3 Å². The highest BCUT2D eigenvalue weighted by molar-refractivity contribution is 5.97. The third-order valence-corrected chi connectivity index (χ3v) is 7.22. The second-order valence-corrected chi connectivity index (χ2v) is 8.95. The third-order valence-electron chi connectivity index (χ3n) is 7.22. The average molecular weight is 412 g/mol. The lowest BCUT2D eigenvalue weighted by atomic mass is 9.70. The van der Waals surface area contributed by atoms with Crippen LogP contribution in [-0.2, 0) is 11.2 Å². The molecule has 2 bridgehead atoms. The van der Waals surface area contributed by atoms with Gasteiger partial charge >= 0.3 is 0 Å². The summed E-state index contributed by atoms with van der Waals surface area (Å²) in [6.07, 6.45) is 10.7. The molecule has 0 spiro atoms. The van der Waals surface area contributed by atoms with Crippen molar-refractivity contribution in [3.05, 3.63) is 77.9 Å². The molecule has 31 heavy (non-hydrogen) atoms. The number of nitrogens with one attached hydrogen (secondary N) is 1. The number of rotatable bonds is 4. The molecule has 156 valence electrons. The number of aromatic amines is 1. The van der Waals surface area contributed by atoms with Gasteiger partial charge in [-0.15, -0.1) is 0 Å². The van der Waals surface area contributed by atoms with Crippen molar-refractivity contribution < 1.29 is 4.79 Å². The fourth-order valence-electron chi connectivity index (χ4n) is 5.68. The Morgan fingerprint density at radius 3 is 2.84 bits per heavy atom. The standard InChI is InChI=1S/C25H25N5O/c31-23-14-21(28-29-25(23)19-3-4-20-18(13-19)5-9-27-20)24-17-6-10-30(11-7-17)22(24)12-16-2-1-8-26-15-16/h1-5,8-9,13-15,17,22,24-25,27H,6-7,10-12H2/t22-,24?,25-/m1/s1. The van der Waals surface area contributed by atoms with Crippen LogP contribution in [0.5, 0.6) is 0 Å². The highest BCUT2D eigenvalue weighted by Gasteiger charge is 2.45. The maximum atomic E-state index is 13.1. The van der Waals surface area contributed by atoms with Gasteiger partial charge in [-0.3, -0.25) is 14.7 Å². The van der Waals surface area contributed by atoms with E-state index in [0.717, 1.165) is 41.7 Å². The molecule has 1 unspecified atom stereocenters. The van der Waals surface area contributed by atoms with E-state index in [-0.39, 0.29) is 11.7 Å². The van der Waals surface area contributed by atoms with Crippen LogP contribution in [0, 0.1) is 11.8 Å². The summed E-state index contributed by atoms with van der Waals surface area (Å²) in [5, 5.41) is 10.3. The van der Waals surface area contributed by atoms with E-state index in [2.05, 4.69) is 31.2 Å². The number of nitrogens with zero attached hydrogens (tertiary/aromatic N) is 4. The number of fused-ring (bicyclic) bond motifs is 4. The van der Waals surface area contributed by atoms with Crippen molar-refractivity contribution in [3.8, 4) is 0 Å². The maximum Gasteiger partial charge on any atom is 0.188 e. The average Bonchev–Trinajstić information content (AvgIpc) is 3.28. The molecule has 1 aromatic carbocycles. The first-order valence-electron chi connectivity index (χ1n) is 11.1. The fraction of sp³-hybridized carbons (Fsp3) is 0.360. The van der Waals surface area contributed by atoms with Crippen molar-refractivity contribution in [2.75, 3.05) is 13.1 Å². The molecule has 3 atom stereocenters. The predicted molar refractivity (Wildman–Crippen MR) is 119 cm³/mol. The van der Waals surface area contributed by atoms with Crippen LogP contribution in [0.4, 0.5) is 0 Å². The summed E-state index contributed by atoms with van der Waals surface area (Å²) < 4.78 is 0. The van der Waals surface area contributed by atoms with Crippen molar-refractivity contribution in [3.63, 3.8) is 0 Å². The Morgan fingerprint density at radius 2 is 2.03 bits per heavy atom. The summed E-state index contributed by atoms with van der Waals surface area (Å²) in [7, 11) is 0. The minimum atomic E-state index is -0.541. The molecule has 4 aliphatic rings. The van der Waals surface area contributed by atoms with Gasteiger partial charge in [0.25, 0.3) is 0 Å². The summed E-state index contributed by atoms with van der Waals surface area (Å²) in [6.45, 7) is 2.26. The van der Waals surface area contributed by atoms with E-state index in [0.29, 0.717) is 12.0 Å². The van der Waals surface area contributed by atoms with Crippen LogP contribution in [-0.4, -0.2) is 39.8 Å². The van der Waals surface area contributed by atoms with Gasteiger partial charge in [-0.1, -0.05) is 12.1 Å². The summed E-state index contributed by atoms with van der Waals surface area (Å²) in [6, 6.07) is 12.0. The first-order valence-corrected chi connectivity index (χ1v) is 11.1. The van der Waals surface area contributed by atoms with Gasteiger partial charge in [0.15, 0.2) is 11.8 Å². The number of pyridine rings is 1. The molecule has 6 heteroatoms. The lowest BCUT2D eigenvalue weighted by molar-refractivity contribution is -0.116. The number of ketones is 1. The Kier molecular flexibility index (Phi) is 4.53. The Labute approximate surface area is 181 Å². The molecule has 6 heterocycles. The summed E-state index contributed by atoms with van der Waals surface area (Å²) >= 11 is 0. The van der Waals surface area contributed by atoms with Crippen LogP contribution in [0.3, 0.4) is 0 Å². The van der Waals surface area contributed by atoms with Crippen LogP contribution in [0.2, 0.25) is 0 Å². The number of carbonyl (C=O) groups excluding carboxylic acids is 1. The van der Waals surface area contributed by atoms with Gasteiger partial charge in [0.1, 0.15) is 0 Å². The van der Waals surface area contributed by atoms with Crippen molar-refractivity contribution in [1.29, 1.82) is 0 Å². The maximum absolute atomic E-state index is 13.1. The van der Waals surface area contributed by atoms with E-state index in [1.807, 2.05) is 48.9 Å². The van der Waals surface area contributed by atoms with Crippen LogP contribution in [0.15, 0.2) is 77.0 Å². The van der Waals surface area contributed by atoms with Gasteiger partial charge in [-0.2, -0.15) is 10.2 Å². The molecular weight excluding hydrogens is 386 g/mol. The molecule has 3 saturated heterocycles. The first-order chi connectivity index (χ1) is 15.3. The SMILES string of the molecule is O=C1C=C(C2C3CCN(CC3)[C@@H]2Cc2cccnc2)N=N[C@@H]1c1ccc2[nH]ccc2c1. The molecule has 6 nitrogen and oxygen atoms in total. The zero-order valence-electron chi connectivity index (χ0n) is 17.3. The zero-order chi connectivity index (χ0) is 20.8. The molecule has 0 radical (unpaired) electrons. The van der Waals surface area contributed by atoms with E-state index >= 15 is 0 Å². The van der Waals surface area contributed by atoms with Crippen molar-refractivity contribution in [2.24, 2.45) is 22.1 Å². The molecular formula is C25H25N5O. The zero-order valence-corrected chi connectivity index (χ0v) is 17.3. The number of azo groups is 1. The molecule has 7 rings (SSSR count). The second kappa shape index (κ2) is 7.54. The molecule has 0 saturated carbocycles. The highest BCUT2D eigenvalue weighted by atomic mass is 16.1. The van der Waals surface area contributed by atoms with E-state index in [9.17, 15) is 4.79 Å². The van der Waals surface area contributed by atoms with Gasteiger partial charge in [-0.25, -0.2) is 0 Å². The minimum Gasteiger partial charge on any atom is -0.361 e. The number of hydrogen-bond donors (Lipinski definition) is 1. The first kappa shape index (κ1) is 18.6. The van der Waals surface area contributed by atoms with Gasteiger partial charge in [-0.05, 0) is 79.0 Å². The smallest absolute Gasteiger partial charge is 0.188 e. The monoisotopic (exact) mass is 411 g/mol. The second-order valence-electron chi connectivity index (χ2n) is 8.95. The van der Waals surface area contributed by atoms with Crippen LogP contribution < -0.4 is 0 Å². The number of H-pyrrole nitrogens is 1. The Balaban J connectivity index is 1.28. The highest BCUT2D eigenvalue weighted by Crippen LogP contribution is 2.44. The number of aromatic nitrogens is 2. The van der Waals surface area contributed by atoms with Gasteiger partial charge in [0.05, 0.1) is 5.70 Å². The van der Waals surface area contributed by atoms with E-state index in [4.69, 9.17) is 0 Å². The molecule has 3 aromatic rings. The topological polar surface area (TPSA) is 73.7 Å². The van der Waals surface area contributed by atoms with Crippen molar-refractivity contribution in [1.82, 2.24) is 14.9 Å². The van der Waals surface area contributed by atoms with E-state index in [1.165, 1.54) is 18.4 Å². The van der Waals surface area contributed by atoms with Gasteiger partial charge < -0.3 is 4.98 Å². The summed E-state index contributed by atoms with van der Waals surface area (Å²) in [4.78, 5) is 23.2. The predicted octanol–water partition coefficient (Wildman–Crippen LogP) is 4.48. The van der Waals surface area contributed by atoms with Crippen LogP contribution in [0.25, 0.3) is 10.9 Å². The van der Waals surface area contributed by atoms with Crippen LogP contribution in [0.1, 0.15) is 30.0 Å². The van der Waals surface area contributed by atoms with E-state index in [1.54, 1.807) is 6.08 Å². The fourth-order valence-corrected chi connectivity index (χ4v) is 5.68. The van der Waals surface area contributed by atoms with Crippen LogP contribution >= 0.6 is 0 Å². The number of hydrogen-bond acceptors (Lipinski definition) is 5. The van der Waals surface area contributed by atoms with Gasteiger partial charge in [0, 0.05) is 42.1 Å². The molecule has 2 aromatic heterocycles. The molecule has 4 aliphatic heterocycles. The molecule has 3 fully saturated rings. The summed E-state index contributed by atoms with van der Waals surface area (Å²) in [5.74, 6) is 0.859. The Bertz CT molecular complexity index is 1170. The normalized spacial score (nSPS) is 30.0. The third kappa shape index (κ3) is 3.31.